The van der Waals surface area contributed by atoms with E-state index in [1.54, 1.807) is 10.6 Å². The molecule has 0 bridgehead atoms. The standard InChI is InChI=1S/C20H17ClN6O/c1-12(25-20-24-11-23-19(22)26-20)16-10-13-6-5-9-15(21)17(13)18(28)27(16)14-7-3-2-4-8-14/h2-12H,1H3,(H3,22,23,24,25,26). The maximum absolute atomic E-state index is 13.4. The van der Waals surface area contributed by atoms with Crippen molar-refractivity contribution in [1.29, 1.82) is 0 Å². The molecule has 8 heteroatoms. The van der Waals surface area contributed by atoms with Crippen molar-refractivity contribution in [2.45, 2.75) is 13.0 Å². The lowest BCUT2D eigenvalue weighted by atomic mass is 10.1. The zero-order valence-electron chi connectivity index (χ0n) is 15.0. The van der Waals surface area contributed by atoms with Crippen molar-refractivity contribution in [3.05, 3.63) is 82.0 Å². The average Bonchev–Trinajstić information content (AvgIpc) is 2.68. The molecule has 0 aliphatic rings. The van der Waals surface area contributed by atoms with Gasteiger partial charge in [-0.1, -0.05) is 41.9 Å². The van der Waals surface area contributed by atoms with Crippen LogP contribution in [0, 0.1) is 0 Å². The number of hydrogen-bond acceptors (Lipinski definition) is 6. The summed E-state index contributed by atoms with van der Waals surface area (Å²) in [5, 5.41) is 4.85. The second-order valence-corrected chi connectivity index (χ2v) is 6.69. The van der Waals surface area contributed by atoms with Crippen LogP contribution in [-0.4, -0.2) is 19.5 Å². The summed E-state index contributed by atoms with van der Waals surface area (Å²) in [5.41, 5.74) is 6.93. The van der Waals surface area contributed by atoms with Crippen LogP contribution < -0.4 is 16.6 Å². The van der Waals surface area contributed by atoms with Crippen molar-refractivity contribution in [1.82, 2.24) is 19.5 Å². The minimum Gasteiger partial charge on any atom is -0.368 e. The Morgan fingerprint density at radius 1 is 1.11 bits per heavy atom. The number of para-hydroxylation sites is 1. The maximum Gasteiger partial charge on any atom is 0.264 e. The molecular formula is C20H17ClN6O. The minimum atomic E-state index is -0.293. The fourth-order valence-corrected chi connectivity index (χ4v) is 3.41. The number of aromatic nitrogens is 4. The second-order valence-electron chi connectivity index (χ2n) is 6.28. The van der Waals surface area contributed by atoms with Crippen LogP contribution in [0.3, 0.4) is 0 Å². The third-order valence-electron chi connectivity index (χ3n) is 4.42. The van der Waals surface area contributed by atoms with Gasteiger partial charge in [-0.2, -0.15) is 4.98 Å². The van der Waals surface area contributed by atoms with Crippen LogP contribution in [0.25, 0.3) is 16.5 Å². The van der Waals surface area contributed by atoms with E-state index in [4.69, 9.17) is 17.3 Å². The molecule has 0 fully saturated rings. The van der Waals surface area contributed by atoms with Gasteiger partial charge in [0.1, 0.15) is 6.33 Å². The summed E-state index contributed by atoms with van der Waals surface area (Å²) in [5.74, 6) is 0.452. The Labute approximate surface area is 165 Å². The van der Waals surface area contributed by atoms with Crippen molar-refractivity contribution in [3.8, 4) is 5.69 Å². The van der Waals surface area contributed by atoms with Crippen molar-refractivity contribution < 1.29 is 0 Å². The molecule has 1 unspecified atom stereocenters. The number of nitrogens with one attached hydrogen (secondary N) is 1. The lowest BCUT2D eigenvalue weighted by Gasteiger charge is -2.21. The van der Waals surface area contributed by atoms with E-state index in [0.717, 1.165) is 16.8 Å². The molecule has 4 rings (SSSR count). The van der Waals surface area contributed by atoms with E-state index in [1.807, 2.05) is 55.5 Å². The molecular weight excluding hydrogens is 376 g/mol. The highest BCUT2D eigenvalue weighted by molar-refractivity contribution is 6.35. The fraction of sp³-hybridized carbons (Fsp3) is 0.100. The monoisotopic (exact) mass is 392 g/mol. The summed E-state index contributed by atoms with van der Waals surface area (Å²) < 4.78 is 1.65. The van der Waals surface area contributed by atoms with E-state index in [9.17, 15) is 4.79 Å². The van der Waals surface area contributed by atoms with E-state index < -0.39 is 0 Å². The smallest absolute Gasteiger partial charge is 0.264 e. The Hall–Kier alpha value is -3.45. The molecule has 2 heterocycles. The Morgan fingerprint density at radius 3 is 2.64 bits per heavy atom. The van der Waals surface area contributed by atoms with Crippen molar-refractivity contribution >= 4 is 34.3 Å². The van der Waals surface area contributed by atoms with Crippen molar-refractivity contribution in [2.24, 2.45) is 0 Å². The van der Waals surface area contributed by atoms with Crippen LogP contribution in [0.4, 0.5) is 11.9 Å². The summed E-state index contributed by atoms with van der Waals surface area (Å²) in [7, 11) is 0. The van der Waals surface area contributed by atoms with Crippen LogP contribution >= 0.6 is 11.6 Å². The molecule has 28 heavy (non-hydrogen) atoms. The summed E-state index contributed by atoms with van der Waals surface area (Å²) in [6.07, 6.45) is 1.34. The number of nitrogens with zero attached hydrogens (tertiary/aromatic N) is 4. The Kier molecular flexibility index (Phi) is 4.67. The van der Waals surface area contributed by atoms with Crippen LogP contribution in [-0.2, 0) is 0 Å². The first-order valence-corrected chi connectivity index (χ1v) is 9.03. The molecule has 1 atom stereocenters. The van der Waals surface area contributed by atoms with E-state index in [1.165, 1.54) is 6.33 Å². The Bertz CT molecular complexity index is 1210. The lowest BCUT2D eigenvalue weighted by Crippen LogP contribution is -2.26. The van der Waals surface area contributed by atoms with Gasteiger partial charge < -0.3 is 11.1 Å². The number of benzene rings is 2. The van der Waals surface area contributed by atoms with Gasteiger partial charge in [0, 0.05) is 11.4 Å². The molecule has 0 saturated carbocycles. The van der Waals surface area contributed by atoms with Crippen LogP contribution in [0.5, 0.6) is 0 Å². The van der Waals surface area contributed by atoms with Crippen LogP contribution in [0.2, 0.25) is 5.02 Å². The number of fused-ring (bicyclic) bond motifs is 1. The SMILES string of the molecule is CC(Nc1ncnc(N)n1)c1cc2cccc(Cl)c2c(=O)n1-c1ccccc1. The average molecular weight is 393 g/mol. The number of rotatable bonds is 4. The van der Waals surface area contributed by atoms with Gasteiger partial charge in [0.2, 0.25) is 11.9 Å². The van der Waals surface area contributed by atoms with Crippen LogP contribution in [0.1, 0.15) is 18.7 Å². The van der Waals surface area contributed by atoms with Gasteiger partial charge in [0.15, 0.2) is 0 Å². The van der Waals surface area contributed by atoms with Gasteiger partial charge >= 0.3 is 0 Å². The summed E-state index contributed by atoms with van der Waals surface area (Å²) in [6.45, 7) is 1.92. The first kappa shape index (κ1) is 17.9. The lowest BCUT2D eigenvalue weighted by molar-refractivity contribution is 0.766. The Balaban J connectivity index is 1.92. The third kappa shape index (κ3) is 3.27. The molecule has 2 aromatic heterocycles. The molecule has 3 N–H and O–H groups in total. The third-order valence-corrected chi connectivity index (χ3v) is 4.73. The first-order valence-electron chi connectivity index (χ1n) is 8.65. The largest absolute Gasteiger partial charge is 0.368 e. The number of anilines is 2. The number of halogens is 1. The van der Waals surface area contributed by atoms with Gasteiger partial charge in [0.25, 0.3) is 5.56 Å². The van der Waals surface area contributed by atoms with Crippen molar-refractivity contribution in [2.75, 3.05) is 11.1 Å². The molecule has 4 aromatic rings. The quantitative estimate of drug-likeness (QED) is 0.550. The summed E-state index contributed by atoms with van der Waals surface area (Å²) in [6, 6.07) is 16.5. The van der Waals surface area contributed by atoms with Crippen molar-refractivity contribution in [3.63, 3.8) is 0 Å². The van der Waals surface area contributed by atoms with Gasteiger partial charge in [-0.25, -0.2) is 9.97 Å². The molecule has 0 saturated heterocycles. The van der Waals surface area contributed by atoms with E-state index in [-0.39, 0.29) is 17.5 Å². The zero-order chi connectivity index (χ0) is 19.7. The van der Waals surface area contributed by atoms with E-state index in [2.05, 4.69) is 20.3 Å². The number of nitrogens with two attached hydrogens (primary N) is 1. The molecule has 0 spiro atoms. The molecule has 2 aromatic carbocycles. The van der Waals surface area contributed by atoms with Gasteiger partial charge in [0.05, 0.1) is 16.5 Å². The highest BCUT2D eigenvalue weighted by Gasteiger charge is 2.18. The second kappa shape index (κ2) is 7.28. The first-order chi connectivity index (χ1) is 13.5. The molecule has 0 aliphatic carbocycles. The van der Waals surface area contributed by atoms with Gasteiger partial charge in [-0.15, -0.1) is 0 Å². The number of hydrogen-bond donors (Lipinski definition) is 2. The van der Waals surface area contributed by atoms with E-state index >= 15 is 0 Å². The highest BCUT2D eigenvalue weighted by atomic mass is 35.5. The zero-order valence-corrected chi connectivity index (χ0v) is 15.8. The predicted molar refractivity (Wildman–Crippen MR) is 111 cm³/mol. The van der Waals surface area contributed by atoms with Crippen LogP contribution in [0.15, 0.2) is 65.7 Å². The molecule has 0 radical (unpaired) electrons. The van der Waals surface area contributed by atoms with E-state index in [0.29, 0.717) is 16.4 Å². The normalized spacial score (nSPS) is 12.1. The molecule has 0 amide bonds. The summed E-state index contributed by atoms with van der Waals surface area (Å²) in [4.78, 5) is 25.3. The Morgan fingerprint density at radius 2 is 1.89 bits per heavy atom. The minimum absolute atomic E-state index is 0.121. The molecule has 140 valence electrons. The predicted octanol–water partition coefficient (Wildman–Crippen LogP) is 3.58. The van der Waals surface area contributed by atoms with Gasteiger partial charge in [-0.3, -0.25) is 9.36 Å². The van der Waals surface area contributed by atoms with Gasteiger partial charge in [-0.05, 0) is 36.6 Å². The number of nitrogen functional groups attached to an aromatic ring is 1. The maximum atomic E-state index is 13.4. The molecule has 7 nitrogen and oxygen atoms in total. The number of pyridine rings is 1. The fourth-order valence-electron chi connectivity index (χ4n) is 3.15. The topological polar surface area (TPSA) is 98.7 Å². The summed E-state index contributed by atoms with van der Waals surface area (Å²) >= 11 is 6.33. The highest BCUT2D eigenvalue weighted by Crippen LogP contribution is 2.26. The molecule has 0 aliphatic heterocycles.